The van der Waals surface area contributed by atoms with Crippen molar-refractivity contribution in [3.63, 3.8) is 0 Å². The molecule has 31 heavy (non-hydrogen) atoms. The monoisotopic (exact) mass is 422 g/mol. The average molecular weight is 422 g/mol. The van der Waals surface area contributed by atoms with Crippen LogP contribution in [-0.4, -0.2) is 41.7 Å². The molecule has 1 aliphatic heterocycles. The van der Waals surface area contributed by atoms with Gasteiger partial charge >= 0.3 is 6.03 Å². The van der Waals surface area contributed by atoms with Crippen LogP contribution in [0.15, 0.2) is 42.5 Å². The first-order valence-electron chi connectivity index (χ1n) is 10.2. The number of benzene rings is 2. The molecule has 1 fully saturated rings. The van der Waals surface area contributed by atoms with Gasteiger partial charge in [0, 0.05) is 30.8 Å². The molecule has 8 nitrogen and oxygen atoms in total. The molecule has 0 atom stereocenters. The summed E-state index contributed by atoms with van der Waals surface area (Å²) in [6, 6.07) is 12.5. The Labute approximate surface area is 181 Å². The average Bonchev–Trinajstić information content (AvgIpc) is 3.05. The maximum Gasteiger partial charge on any atom is 0.324 e. The second-order valence-electron chi connectivity index (χ2n) is 7.56. The summed E-state index contributed by atoms with van der Waals surface area (Å²) < 4.78 is 0. The lowest BCUT2D eigenvalue weighted by molar-refractivity contribution is -0.125. The van der Waals surface area contributed by atoms with Gasteiger partial charge in [0.1, 0.15) is 0 Å². The maximum absolute atomic E-state index is 12.2. The van der Waals surface area contributed by atoms with E-state index in [1.54, 1.807) is 24.3 Å². The summed E-state index contributed by atoms with van der Waals surface area (Å²) >= 11 is 0. The third-order valence-electron chi connectivity index (χ3n) is 5.07. The number of rotatable bonds is 8. The lowest BCUT2D eigenvalue weighted by atomic mass is 10.0. The summed E-state index contributed by atoms with van der Waals surface area (Å²) in [6.07, 6.45) is 1.06. The standard InChI is InChI=1S/C23H26N4O4/c1-15-3-4-17(16(2)13-15)5-10-20(28)25-18-6-8-19(9-7-18)26-21(29)11-12-27-22(30)14-24-23(27)31/h3-4,6-9,13H,5,10-12,14H2,1-2H3,(H,24,31)(H,25,28)(H,26,29). The first-order chi connectivity index (χ1) is 14.8. The number of aryl methyl sites for hydroxylation is 3. The van der Waals surface area contributed by atoms with E-state index in [4.69, 9.17) is 0 Å². The lowest BCUT2D eigenvalue weighted by Gasteiger charge is -2.12. The van der Waals surface area contributed by atoms with Crippen LogP contribution in [0.3, 0.4) is 0 Å². The molecule has 3 N–H and O–H groups in total. The van der Waals surface area contributed by atoms with Gasteiger partial charge in [0.05, 0.1) is 6.54 Å². The fourth-order valence-corrected chi connectivity index (χ4v) is 3.35. The normalized spacial score (nSPS) is 13.2. The molecule has 1 aliphatic rings. The van der Waals surface area contributed by atoms with E-state index in [2.05, 4.69) is 28.1 Å². The van der Waals surface area contributed by atoms with Gasteiger partial charge in [-0.05, 0) is 55.7 Å². The van der Waals surface area contributed by atoms with E-state index in [1.807, 2.05) is 19.9 Å². The number of amides is 5. The number of anilines is 2. The number of nitrogens with one attached hydrogen (secondary N) is 3. The van der Waals surface area contributed by atoms with Gasteiger partial charge in [-0.2, -0.15) is 0 Å². The second-order valence-corrected chi connectivity index (χ2v) is 7.56. The molecule has 5 amide bonds. The van der Waals surface area contributed by atoms with Gasteiger partial charge in [0.25, 0.3) is 0 Å². The number of hydrogen-bond acceptors (Lipinski definition) is 4. The molecule has 0 spiro atoms. The van der Waals surface area contributed by atoms with Gasteiger partial charge in [-0.25, -0.2) is 4.79 Å². The van der Waals surface area contributed by atoms with Crippen molar-refractivity contribution in [3.05, 3.63) is 59.2 Å². The van der Waals surface area contributed by atoms with E-state index in [0.717, 1.165) is 10.5 Å². The molecule has 2 aromatic carbocycles. The Morgan fingerprint density at radius 1 is 0.935 bits per heavy atom. The molecular formula is C23H26N4O4. The summed E-state index contributed by atoms with van der Waals surface area (Å²) in [5.74, 6) is -0.724. The van der Waals surface area contributed by atoms with Crippen LogP contribution in [0.25, 0.3) is 0 Å². The Morgan fingerprint density at radius 3 is 2.10 bits per heavy atom. The molecule has 1 heterocycles. The van der Waals surface area contributed by atoms with Crippen molar-refractivity contribution < 1.29 is 19.2 Å². The molecule has 162 valence electrons. The molecule has 3 rings (SSSR count). The Bertz CT molecular complexity index is 985. The summed E-state index contributed by atoms with van der Waals surface area (Å²) in [6.45, 7) is 4.09. The highest BCUT2D eigenvalue weighted by Crippen LogP contribution is 2.16. The van der Waals surface area contributed by atoms with E-state index in [0.29, 0.717) is 24.2 Å². The number of hydrogen-bond donors (Lipinski definition) is 3. The van der Waals surface area contributed by atoms with Crippen LogP contribution >= 0.6 is 0 Å². The number of carbonyl (C=O) groups is 4. The molecule has 0 aromatic heterocycles. The summed E-state index contributed by atoms with van der Waals surface area (Å²) in [5.41, 5.74) is 4.75. The molecule has 0 saturated carbocycles. The zero-order valence-corrected chi connectivity index (χ0v) is 17.7. The van der Waals surface area contributed by atoms with Crippen molar-refractivity contribution in [1.82, 2.24) is 10.2 Å². The van der Waals surface area contributed by atoms with Crippen LogP contribution < -0.4 is 16.0 Å². The summed E-state index contributed by atoms with van der Waals surface area (Å²) in [4.78, 5) is 48.3. The Hall–Kier alpha value is -3.68. The van der Waals surface area contributed by atoms with Crippen molar-refractivity contribution >= 4 is 35.1 Å². The van der Waals surface area contributed by atoms with Crippen molar-refractivity contribution in [2.24, 2.45) is 0 Å². The molecule has 2 aromatic rings. The van der Waals surface area contributed by atoms with Crippen LogP contribution in [0.2, 0.25) is 0 Å². The van der Waals surface area contributed by atoms with Crippen LogP contribution in [0.1, 0.15) is 29.5 Å². The minimum Gasteiger partial charge on any atom is -0.329 e. The number of nitrogens with zero attached hydrogens (tertiary/aromatic N) is 1. The fraction of sp³-hybridized carbons (Fsp3) is 0.304. The Balaban J connectivity index is 1.43. The van der Waals surface area contributed by atoms with Crippen LogP contribution in [-0.2, 0) is 20.8 Å². The SMILES string of the molecule is Cc1ccc(CCC(=O)Nc2ccc(NC(=O)CCN3C(=O)CNC3=O)cc2)c(C)c1. The van der Waals surface area contributed by atoms with Gasteiger partial charge in [-0.1, -0.05) is 23.8 Å². The van der Waals surface area contributed by atoms with Crippen molar-refractivity contribution in [2.45, 2.75) is 33.1 Å². The first kappa shape index (κ1) is 22.0. The fourth-order valence-electron chi connectivity index (χ4n) is 3.35. The van der Waals surface area contributed by atoms with E-state index >= 15 is 0 Å². The number of imide groups is 1. The van der Waals surface area contributed by atoms with Crippen molar-refractivity contribution in [2.75, 3.05) is 23.7 Å². The van der Waals surface area contributed by atoms with Gasteiger partial charge < -0.3 is 16.0 Å². The molecular weight excluding hydrogens is 396 g/mol. The van der Waals surface area contributed by atoms with Crippen LogP contribution in [0, 0.1) is 13.8 Å². The molecule has 8 heteroatoms. The largest absolute Gasteiger partial charge is 0.329 e. The number of urea groups is 1. The first-order valence-corrected chi connectivity index (χ1v) is 10.2. The zero-order valence-electron chi connectivity index (χ0n) is 17.7. The summed E-state index contributed by atoms with van der Waals surface area (Å²) in [7, 11) is 0. The van der Waals surface area contributed by atoms with Gasteiger partial charge in [0.15, 0.2) is 0 Å². The summed E-state index contributed by atoms with van der Waals surface area (Å²) in [5, 5.41) is 7.98. The van der Waals surface area contributed by atoms with Gasteiger partial charge in [-0.3, -0.25) is 19.3 Å². The smallest absolute Gasteiger partial charge is 0.324 e. The predicted octanol–water partition coefficient (Wildman–Crippen LogP) is 2.76. The highest BCUT2D eigenvalue weighted by Gasteiger charge is 2.28. The van der Waals surface area contributed by atoms with E-state index < -0.39 is 6.03 Å². The molecule has 0 unspecified atom stereocenters. The van der Waals surface area contributed by atoms with Crippen molar-refractivity contribution in [1.29, 1.82) is 0 Å². The molecule has 0 aliphatic carbocycles. The molecule has 0 bridgehead atoms. The molecule has 0 radical (unpaired) electrons. The highest BCUT2D eigenvalue weighted by molar-refractivity contribution is 6.02. The number of carbonyl (C=O) groups excluding carboxylic acids is 4. The topological polar surface area (TPSA) is 108 Å². The second kappa shape index (κ2) is 9.88. The van der Waals surface area contributed by atoms with E-state index in [1.165, 1.54) is 11.1 Å². The minimum atomic E-state index is -0.476. The Morgan fingerprint density at radius 2 is 1.55 bits per heavy atom. The third-order valence-corrected chi connectivity index (χ3v) is 5.07. The highest BCUT2D eigenvalue weighted by atomic mass is 16.2. The Kier molecular flexibility index (Phi) is 7.02. The van der Waals surface area contributed by atoms with E-state index in [9.17, 15) is 19.2 Å². The molecule has 1 saturated heterocycles. The zero-order chi connectivity index (χ0) is 22.4. The van der Waals surface area contributed by atoms with Crippen LogP contribution in [0.5, 0.6) is 0 Å². The quantitative estimate of drug-likeness (QED) is 0.569. The van der Waals surface area contributed by atoms with Gasteiger partial charge in [0.2, 0.25) is 17.7 Å². The lowest BCUT2D eigenvalue weighted by Crippen LogP contribution is -2.33. The predicted molar refractivity (Wildman–Crippen MR) is 118 cm³/mol. The maximum atomic E-state index is 12.2. The van der Waals surface area contributed by atoms with Crippen molar-refractivity contribution in [3.8, 4) is 0 Å². The van der Waals surface area contributed by atoms with E-state index in [-0.39, 0.29) is 37.2 Å². The third kappa shape index (κ3) is 6.15. The van der Waals surface area contributed by atoms with Crippen LogP contribution in [0.4, 0.5) is 16.2 Å². The van der Waals surface area contributed by atoms with Gasteiger partial charge in [-0.15, -0.1) is 0 Å². The minimum absolute atomic E-state index is 0.00999.